The number of rotatable bonds is 6. The minimum Gasteiger partial charge on any atom is -0.491 e. The second-order valence-corrected chi connectivity index (χ2v) is 3.47. The summed E-state index contributed by atoms with van der Waals surface area (Å²) < 4.78 is 10.2. The van der Waals surface area contributed by atoms with Crippen molar-refractivity contribution in [3.05, 3.63) is 29.8 Å². The van der Waals surface area contributed by atoms with Gasteiger partial charge in [0, 0.05) is 7.11 Å². The number of carboxylic acids is 1. The van der Waals surface area contributed by atoms with Crippen molar-refractivity contribution in [2.75, 3.05) is 20.3 Å². The minimum absolute atomic E-state index is 0.490. The highest BCUT2D eigenvalue weighted by molar-refractivity contribution is 5.75. The number of benzene rings is 1. The Kier molecular flexibility index (Phi) is 4.79. The molecule has 0 saturated carbocycles. The topological polar surface area (TPSA) is 55.8 Å². The van der Waals surface area contributed by atoms with Crippen LogP contribution < -0.4 is 4.74 Å². The van der Waals surface area contributed by atoms with Gasteiger partial charge in [0.15, 0.2) is 0 Å². The summed E-state index contributed by atoms with van der Waals surface area (Å²) in [5.74, 6) is -0.598. The summed E-state index contributed by atoms with van der Waals surface area (Å²) in [7, 11) is 1.61. The second-order valence-electron chi connectivity index (χ2n) is 3.47. The standard InChI is InChI=1S/C12H16O4/c1-9(12(13)14)10-3-5-11(6-4-10)16-8-7-15-2/h3-6,9H,7-8H2,1-2H3,(H,13,14). The van der Waals surface area contributed by atoms with Crippen molar-refractivity contribution in [1.29, 1.82) is 0 Å². The monoisotopic (exact) mass is 224 g/mol. The van der Waals surface area contributed by atoms with E-state index in [1.165, 1.54) is 0 Å². The lowest BCUT2D eigenvalue weighted by Crippen LogP contribution is -2.07. The van der Waals surface area contributed by atoms with Gasteiger partial charge in [0.2, 0.25) is 0 Å². The van der Waals surface area contributed by atoms with Gasteiger partial charge in [0.05, 0.1) is 12.5 Å². The fourth-order valence-electron chi connectivity index (χ4n) is 1.24. The molecule has 88 valence electrons. The van der Waals surface area contributed by atoms with Crippen molar-refractivity contribution in [3.63, 3.8) is 0 Å². The Morgan fingerprint density at radius 2 is 1.94 bits per heavy atom. The molecule has 0 fully saturated rings. The van der Waals surface area contributed by atoms with E-state index in [-0.39, 0.29) is 0 Å². The first-order valence-corrected chi connectivity index (χ1v) is 5.09. The number of hydrogen-bond donors (Lipinski definition) is 1. The van der Waals surface area contributed by atoms with Gasteiger partial charge in [-0.05, 0) is 24.6 Å². The summed E-state index contributed by atoms with van der Waals surface area (Å²) in [6, 6.07) is 7.07. The van der Waals surface area contributed by atoms with Crippen LogP contribution in [0.25, 0.3) is 0 Å². The fourth-order valence-corrected chi connectivity index (χ4v) is 1.24. The average molecular weight is 224 g/mol. The summed E-state index contributed by atoms with van der Waals surface area (Å²) in [5, 5.41) is 8.83. The van der Waals surface area contributed by atoms with Gasteiger partial charge in [-0.15, -0.1) is 0 Å². The van der Waals surface area contributed by atoms with Gasteiger partial charge < -0.3 is 14.6 Å². The minimum atomic E-state index is -0.826. The lowest BCUT2D eigenvalue weighted by Gasteiger charge is -2.08. The van der Waals surface area contributed by atoms with Crippen molar-refractivity contribution >= 4 is 5.97 Å². The maximum atomic E-state index is 10.7. The van der Waals surface area contributed by atoms with Crippen molar-refractivity contribution in [1.82, 2.24) is 0 Å². The summed E-state index contributed by atoms with van der Waals surface area (Å²) in [6.07, 6.45) is 0. The van der Waals surface area contributed by atoms with Gasteiger partial charge in [-0.1, -0.05) is 12.1 Å². The smallest absolute Gasteiger partial charge is 0.310 e. The Hall–Kier alpha value is -1.55. The van der Waals surface area contributed by atoms with Crippen molar-refractivity contribution in [2.45, 2.75) is 12.8 Å². The quantitative estimate of drug-likeness (QED) is 0.750. The zero-order valence-corrected chi connectivity index (χ0v) is 9.47. The van der Waals surface area contributed by atoms with Gasteiger partial charge in [-0.25, -0.2) is 0 Å². The van der Waals surface area contributed by atoms with Gasteiger partial charge in [0.1, 0.15) is 12.4 Å². The molecule has 0 spiro atoms. The molecule has 4 nitrogen and oxygen atoms in total. The predicted octanol–water partition coefficient (Wildman–Crippen LogP) is 1.90. The van der Waals surface area contributed by atoms with Crippen LogP contribution in [0, 0.1) is 0 Å². The third kappa shape index (κ3) is 3.55. The number of methoxy groups -OCH3 is 1. The first-order valence-electron chi connectivity index (χ1n) is 5.09. The maximum Gasteiger partial charge on any atom is 0.310 e. The summed E-state index contributed by atoms with van der Waals surface area (Å²) in [4.78, 5) is 10.7. The second kappa shape index (κ2) is 6.12. The van der Waals surface area contributed by atoms with Crippen LogP contribution in [0.4, 0.5) is 0 Å². The van der Waals surface area contributed by atoms with Crippen LogP contribution in [-0.4, -0.2) is 31.4 Å². The molecule has 0 saturated heterocycles. The van der Waals surface area contributed by atoms with E-state index in [4.69, 9.17) is 14.6 Å². The molecule has 0 amide bonds. The number of carboxylic acid groups (broad SMARTS) is 1. The molecule has 0 aliphatic rings. The summed E-state index contributed by atoms with van der Waals surface area (Å²) in [5.41, 5.74) is 0.770. The van der Waals surface area contributed by atoms with Gasteiger partial charge in [-0.3, -0.25) is 4.79 Å². The Bertz CT molecular complexity index is 331. The zero-order chi connectivity index (χ0) is 12.0. The maximum absolute atomic E-state index is 10.7. The molecular formula is C12H16O4. The normalized spacial score (nSPS) is 12.1. The Morgan fingerprint density at radius 3 is 2.44 bits per heavy atom. The van der Waals surface area contributed by atoms with Crippen molar-refractivity contribution in [2.24, 2.45) is 0 Å². The first kappa shape index (κ1) is 12.5. The van der Waals surface area contributed by atoms with Crippen LogP contribution in [0.3, 0.4) is 0 Å². The molecule has 1 rings (SSSR count). The number of hydrogen-bond acceptors (Lipinski definition) is 3. The Morgan fingerprint density at radius 1 is 1.31 bits per heavy atom. The molecule has 0 aromatic heterocycles. The van der Waals surface area contributed by atoms with Gasteiger partial charge >= 0.3 is 5.97 Å². The SMILES string of the molecule is COCCOc1ccc(C(C)C(=O)O)cc1. The van der Waals surface area contributed by atoms with Crippen molar-refractivity contribution < 1.29 is 19.4 Å². The number of carbonyl (C=O) groups is 1. The molecule has 1 atom stereocenters. The van der Waals surface area contributed by atoms with Crippen molar-refractivity contribution in [3.8, 4) is 5.75 Å². The van der Waals surface area contributed by atoms with E-state index in [9.17, 15) is 4.79 Å². The molecule has 0 heterocycles. The van der Waals surface area contributed by atoms with Gasteiger partial charge in [0.25, 0.3) is 0 Å². The fraction of sp³-hybridized carbons (Fsp3) is 0.417. The third-order valence-electron chi connectivity index (χ3n) is 2.31. The summed E-state index contributed by atoms with van der Waals surface area (Å²) >= 11 is 0. The molecule has 0 bridgehead atoms. The van der Waals surface area contributed by atoms with E-state index in [2.05, 4.69) is 0 Å². The Balaban J connectivity index is 2.57. The largest absolute Gasteiger partial charge is 0.491 e. The molecule has 1 unspecified atom stereocenters. The average Bonchev–Trinajstić information content (AvgIpc) is 2.29. The van der Waals surface area contributed by atoms with E-state index in [0.717, 1.165) is 11.3 Å². The lowest BCUT2D eigenvalue weighted by molar-refractivity contribution is -0.138. The third-order valence-corrected chi connectivity index (χ3v) is 2.31. The van der Waals surface area contributed by atoms with Crippen LogP contribution in [0.15, 0.2) is 24.3 Å². The molecule has 1 N–H and O–H groups in total. The van der Waals surface area contributed by atoms with E-state index in [1.807, 2.05) is 0 Å². The van der Waals surface area contributed by atoms with E-state index < -0.39 is 11.9 Å². The molecule has 0 aliphatic carbocycles. The molecule has 16 heavy (non-hydrogen) atoms. The van der Waals surface area contributed by atoms with E-state index >= 15 is 0 Å². The highest BCUT2D eigenvalue weighted by Gasteiger charge is 2.12. The molecule has 1 aromatic rings. The lowest BCUT2D eigenvalue weighted by atomic mass is 10.0. The van der Waals surface area contributed by atoms with Crippen LogP contribution >= 0.6 is 0 Å². The van der Waals surface area contributed by atoms with Gasteiger partial charge in [-0.2, -0.15) is 0 Å². The van der Waals surface area contributed by atoms with Crippen LogP contribution in [-0.2, 0) is 9.53 Å². The van der Waals surface area contributed by atoms with E-state index in [0.29, 0.717) is 13.2 Å². The highest BCUT2D eigenvalue weighted by atomic mass is 16.5. The molecule has 0 aliphatic heterocycles. The van der Waals surface area contributed by atoms with Crippen LogP contribution in [0.5, 0.6) is 5.75 Å². The molecule has 4 heteroatoms. The zero-order valence-electron chi connectivity index (χ0n) is 9.47. The Labute approximate surface area is 94.8 Å². The number of aliphatic carboxylic acids is 1. The first-order chi connectivity index (χ1) is 7.65. The molecule has 1 aromatic carbocycles. The molecular weight excluding hydrogens is 208 g/mol. The van der Waals surface area contributed by atoms with Crippen LogP contribution in [0.1, 0.15) is 18.4 Å². The summed E-state index contributed by atoms with van der Waals surface area (Å²) in [6.45, 7) is 2.68. The molecule has 0 radical (unpaired) electrons. The predicted molar refractivity (Wildman–Crippen MR) is 59.9 cm³/mol. The van der Waals surface area contributed by atoms with Crippen LogP contribution in [0.2, 0.25) is 0 Å². The van der Waals surface area contributed by atoms with E-state index in [1.54, 1.807) is 38.3 Å². The highest BCUT2D eigenvalue weighted by Crippen LogP contribution is 2.19. The number of ether oxygens (including phenoxy) is 2.